The van der Waals surface area contributed by atoms with Gasteiger partial charge in [-0.2, -0.15) is 13.2 Å². The van der Waals surface area contributed by atoms with E-state index >= 15 is 0 Å². The van der Waals surface area contributed by atoms with Gasteiger partial charge in [0.15, 0.2) is 17.5 Å². The standard InChI is InChI=1S/C17H26F3N3O3/c1-21-16(22-8-4-10-26-12-17(18,19)20)23-9-7-13-5-6-14(24-2)15(11-13)25-3/h5-6,11H,4,7-10,12H2,1-3H3,(H2,21,22,23). The average Bonchev–Trinajstić information content (AvgIpc) is 2.61. The third-order valence-electron chi connectivity index (χ3n) is 3.40. The Morgan fingerprint density at radius 1 is 1.08 bits per heavy atom. The number of halogens is 3. The lowest BCUT2D eigenvalue weighted by atomic mass is 10.1. The fourth-order valence-electron chi connectivity index (χ4n) is 2.15. The summed E-state index contributed by atoms with van der Waals surface area (Å²) in [6, 6.07) is 5.72. The van der Waals surface area contributed by atoms with Gasteiger partial charge in [0.2, 0.25) is 0 Å². The normalized spacial score (nSPS) is 12.0. The number of nitrogens with one attached hydrogen (secondary N) is 2. The van der Waals surface area contributed by atoms with E-state index in [-0.39, 0.29) is 6.61 Å². The van der Waals surface area contributed by atoms with Gasteiger partial charge in [0, 0.05) is 26.7 Å². The minimum absolute atomic E-state index is 0.0369. The molecule has 2 N–H and O–H groups in total. The molecule has 0 aliphatic carbocycles. The van der Waals surface area contributed by atoms with Gasteiger partial charge in [-0.3, -0.25) is 4.99 Å². The molecule has 6 nitrogen and oxygen atoms in total. The molecule has 0 radical (unpaired) electrons. The van der Waals surface area contributed by atoms with E-state index in [1.165, 1.54) is 0 Å². The van der Waals surface area contributed by atoms with E-state index < -0.39 is 12.8 Å². The number of methoxy groups -OCH3 is 2. The monoisotopic (exact) mass is 377 g/mol. The van der Waals surface area contributed by atoms with Crippen LogP contribution in [0.25, 0.3) is 0 Å². The lowest BCUT2D eigenvalue weighted by Gasteiger charge is -2.13. The summed E-state index contributed by atoms with van der Waals surface area (Å²) in [6.07, 6.45) is -3.09. The van der Waals surface area contributed by atoms with Crippen molar-refractivity contribution in [1.29, 1.82) is 0 Å². The van der Waals surface area contributed by atoms with Crippen molar-refractivity contribution >= 4 is 5.96 Å². The number of nitrogens with zero attached hydrogens (tertiary/aromatic N) is 1. The van der Waals surface area contributed by atoms with Crippen molar-refractivity contribution in [3.63, 3.8) is 0 Å². The first-order valence-corrected chi connectivity index (χ1v) is 8.19. The summed E-state index contributed by atoms with van der Waals surface area (Å²) in [5.74, 6) is 1.93. The number of alkyl halides is 3. The van der Waals surface area contributed by atoms with Crippen molar-refractivity contribution in [2.45, 2.75) is 19.0 Å². The Hall–Kier alpha value is -2.16. The van der Waals surface area contributed by atoms with E-state index in [1.54, 1.807) is 21.3 Å². The maximum Gasteiger partial charge on any atom is 0.411 e. The fourth-order valence-corrected chi connectivity index (χ4v) is 2.15. The van der Waals surface area contributed by atoms with E-state index in [0.29, 0.717) is 37.0 Å². The van der Waals surface area contributed by atoms with E-state index in [9.17, 15) is 13.2 Å². The van der Waals surface area contributed by atoms with Crippen molar-refractivity contribution in [3.8, 4) is 11.5 Å². The van der Waals surface area contributed by atoms with Crippen LogP contribution in [0.5, 0.6) is 11.5 Å². The van der Waals surface area contributed by atoms with Crippen LogP contribution in [0.3, 0.4) is 0 Å². The van der Waals surface area contributed by atoms with Crippen LogP contribution in [0.15, 0.2) is 23.2 Å². The van der Waals surface area contributed by atoms with Crippen LogP contribution in [0, 0.1) is 0 Å². The van der Waals surface area contributed by atoms with Crippen LogP contribution < -0.4 is 20.1 Å². The Morgan fingerprint density at radius 3 is 2.38 bits per heavy atom. The highest BCUT2D eigenvalue weighted by molar-refractivity contribution is 5.79. The number of hydrogen-bond donors (Lipinski definition) is 2. The van der Waals surface area contributed by atoms with Crippen LogP contribution in [0.1, 0.15) is 12.0 Å². The minimum atomic E-state index is -4.28. The molecule has 1 aromatic rings. The van der Waals surface area contributed by atoms with Gasteiger partial charge in [-0.05, 0) is 30.5 Å². The van der Waals surface area contributed by atoms with E-state index in [2.05, 4.69) is 20.4 Å². The molecule has 0 aromatic heterocycles. The van der Waals surface area contributed by atoms with E-state index in [1.807, 2.05) is 18.2 Å². The zero-order valence-electron chi connectivity index (χ0n) is 15.3. The smallest absolute Gasteiger partial charge is 0.411 e. The molecule has 0 amide bonds. The lowest BCUT2D eigenvalue weighted by Crippen LogP contribution is -2.39. The predicted molar refractivity (Wildman–Crippen MR) is 94.1 cm³/mol. The summed E-state index contributed by atoms with van der Waals surface area (Å²) >= 11 is 0. The molecule has 1 rings (SSSR count). The van der Waals surface area contributed by atoms with Gasteiger partial charge < -0.3 is 24.8 Å². The van der Waals surface area contributed by atoms with Crippen LogP contribution in [-0.4, -0.2) is 59.7 Å². The maximum atomic E-state index is 11.9. The zero-order chi connectivity index (χ0) is 19.4. The van der Waals surface area contributed by atoms with Crippen LogP contribution >= 0.6 is 0 Å². The molecule has 0 saturated carbocycles. The highest BCUT2D eigenvalue weighted by atomic mass is 19.4. The maximum absolute atomic E-state index is 11.9. The molecule has 9 heteroatoms. The summed E-state index contributed by atoms with van der Waals surface area (Å²) in [6.45, 7) is -0.0753. The first-order valence-electron chi connectivity index (χ1n) is 8.19. The molecule has 0 saturated heterocycles. The molecule has 0 fully saturated rings. The summed E-state index contributed by atoms with van der Waals surface area (Å²) < 4.78 is 50.8. The summed E-state index contributed by atoms with van der Waals surface area (Å²) in [5.41, 5.74) is 1.08. The van der Waals surface area contributed by atoms with Gasteiger partial charge in [-0.15, -0.1) is 0 Å². The Morgan fingerprint density at radius 2 is 1.77 bits per heavy atom. The lowest BCUT2D eigenvalue weighted by molar-refractivity contribution is -0.173. The Kier molecular flexibility index (Phi) is 9.64. The van der Waals surface area contributed by atoms with Crippen molar-refractivity contribution in [2.24, 2.45) is 4.99 Å². The van der Waals surface area contributed by atoms with Crippen LogP contribution in [0.2, 0.25) is 0 Å². The summed E-state index contributed by atoms with van der Waals surface area (Å²) in [4.78, 5) is 4.07. The van der Waals surface area contributed by atoms with Crippen LogP contribution in [0.4, 0.5) is 13.2 Å². The number of rotatable bonds is 10. The van der Waals surface area contributed by atoms with Crippen LogP contribution in [-0.2, 0) is 11.2 Å². The molecule has 26 heavy (non-hydrogen) atoms. The van der Waals surface area contributed by atoms with Gasteiger partial charge >= 0.3 is 6.18 Å². The van der Waals surface area contributed by atoms with Gasteiger partial charge in [-0.25, -0.2) is 0 Å². The Labute approximate surface area is 151 Å². The second-order valence-corrected chi connectivity index (χ2v) is 5.39. The molecule has 0 aliphatic rings. The molecule has 0 aliphatic heterocycles. The Balaban J connectivity index is 2.26. The first-order chi connectivity index (χ1) is 12.4. The third kappa shape index (κ3) is 8.80. The van der Waals surface area contributed by atoms with Gasteiger partial charge in [0.25, 0.3) is 0 Å². The van der Waals surface area contributed by atoms with E-state index in [0.717, 1.165) is 12.0 Å². The fraction of sp³-hybridized carbons (Fsp3) is 0.588. The molecular formula is C17H26F3N3O3. The molecule has 0 atom stereocenters. The number of benzene rings is 1. The molecule has 0 heterocycles. The third-order valence-corrected chi connectivity index (χ3v) is 3.40. The molecule has 0 spiro atoms. The summed E-state index contributed by atoms with van der Waals surface area (Å²) in [5, 5.41) is 6.17. The van der Waals surface area contributed by atoms with E-state index in [4.69, 9.17) is 9.47 Å². The number of hydrogen-bond acceptors (Lipinski definition) is 4. The van der Waals surface area contributed by atoms with Crippen molar-refractivity contribution < 1.29 is 27.4 Å². The second-order valence-electron chi connectivity index (χ2n) is 5.39. The highest BCUT2D eigenvalue weighted by Gasteiger charge is 2.27. The number of ether oxygens (including phenoxy) is 3. The quantitative estimate of drug-likeness (QED) is 0.372. The number of aliphatic imine (C=N–C) groups is 1. The molecule has 0 bridgehead atoms. The molecule has 148 valence electrons. The molecule has 1 aromatic carbocycles. The minimum Gasteiger partial charge on any atom is -0.493 e. The zero-order valence-corrected chi connectivity index (χ0v) is 15.3. The number of guanidine groups is 1. The second kappa shape index (κ2) is 11.5. The SMILES string of the molecule is CN=C(NCCCOCC(F)(F)F)NCCc1ccc(OC)c(OC)c1. The van der Waals surface area contributed by atoms with Gasteiger partial charge in [-0.1, -0.05) is 6.07 Å². The predicted octanol–water partition coefficient (Wildman–Crippen LogP) is 2.38. The molecule has 0 unspecified atom stereocenters. The topological polar surface area (TPSA) is 64.1 Å². The van der Waals surface area contributed by atoms with Gasteiger partial charge in [0.1, 0.15) is 6.61 Å². The Bertz CT molecular complexity index is 566. The summed E-state index contributed by atoms with van der Waals surface area (Å²) in [7, 11) is 4.80. The largest absolute Gasteiger partial charge is 0.493 e. The average molecular weight is 377 g/mol. The molecular weight excluding hydrogens is 351 g/mol. The van der Waals surface area contributed by atoms with Crippen molar-refractivity contribution in [2.75, 3.05) is 47.6 Å². The van der Waals surface area contributed by atoms with Gasteiger partial charge in [0.05, 0.1) is 14.2 Å². The van der Waals surface area contributed by atoms with Crippen molar-refractivity contribution in [1.82, 2.24) is 10.6 Å². The first kappa shape index (κ1) is 21.9. The van der Waals surface area contributed by atoms with Crippen molar-refractivity contribution in [3.05, 3.63) is 23.8 Å². The highest BCUT2D eigenvalue weighted by Crippen LogP contribution is 2.27.